The number of amides is 2. The first-order valence-electron chi connectivity index (χ1n) is 6.10. The van der Waals surface area contributed by atoms with E-state index in [2.05, 4.69) is 5.32 Å². The van der Waals surface area contributed by atoms with E-state index >= 15 is 0 Å². The number of hydrogen-bond acceptors (Lipinski definition) is 2. The molecular weight excluding hydrogens is 292 g/mol. The fourth-order valence-electron chi connectivity index (χ4n) is 2.03. The number of piperazine rings is 1. The summed E-state index contributed by atoms with van der Waals surface area (Å²) in [5.74, 6) is -5.86. The van der Waals surface area contributed by atoms with Crippen LogP contribution >= 0.6 is 0 Å². The Kier molecular flexibility index (Phi) is 4.15. The Balaban J connectivity index is 2.20. The predicted octanol–water partition coefficient (Wildman–Crippen LogP) is 1.59. The molecule has 1 atom stereocenters. The molecule has 0 radical (unpaired) electrons. The zero-order valence-corrected chi connectivity index (χ0v) is 10.7. The number of nitrogens with one attached hydrogen (secondary N) is 1. The van der Waals surface area contributed by atoms with Gasteiger partial charge in [-0.05, 0) is 5.56 Å². The second kappa shape index (κ2) is 5.71. The lowest BCUT2D eigenvalue weighted by Crippen LogP contribution is -2.56. The van der Waals surface area contributed by atoms with Crippen molar-refractivity contribution in [3.63, 3.8) is 0 Å². The summed E-state index contributed by atoms with van der Waals surface area (Å²) in [4.78, 5) is 24.1. The van der Waals surface area contributed by atoms with Crippen LogP contribution in [0.3, 0.4) is 0 Å². The highest BCUT2D eigenvalue weighted by Crippen LogP contribution is 2.27. The molecule has 1 aromatic carbocycles. The molecule has 0 bridgehead atoms. The molecule has 2 rings (SSSR count). The molecular formula is C13H12F4N2O2. The molecule has 114 valence electrons. The molecule has 1 aliphatic rings. The van der Waals surface area contributed by atoms with Crippen molar-refractivity contribution in [2.45, 2.75) is 18.4 Å². The van der Waals surface area contributed by atoms with Gasteiger partial charge in [0.05, 0.1) is 13.1 Å². The van der Waals surface area contributed by atoms with Crippen molar-refractivity contribution in [2.75, 3.05) is 13.1 Å². The predicted molar refractivity (Wildman–Crippen MR) is 64.9 cm³/mol. The van der Waals surface area contributed by atoms with Crippen LogP contribution in [0.25, 0.3) is 0 Å². The van der Waals surface area contributed by atoms with E-state index in [-0.39, 0.29) is 0 Å². The van der Waals surface area contributed by atoms with Gasteiger partial charge in [-0.2, -0.15) is 8.78 Å². The second-order valence-corrected chi connectivity index (χ2v) is 4.67. The molecule has 0 saturated carbocycles. The van der Waals surface area contributed by atoms with Crippen molar-refractivity contribution in [1.82, 2.24) is 10.2 Å². The van der Waals surface area contributed by atoms with Crippen molar-refractivity contribution in [2.24, 2.45) is 0 Å². The largest absolute Gasteiger partial charge is 0.339 e. The fraction of sp³-hybridized carbons (Fsp3) is 0.385. The maximum Gasteiger partial charge on any atom is 0.324 e. The molecule has 0 aliphatic carbocycles. The minimum atomic E-state index is -4.35. The number of alkyl halides is 4. The van der Waals surface area contributed by atoms with Crippen molar-refractivity contribution in [3.8, 4) is 0 Å². The van der Waals surface area contributed by atoms with Gasteiger partial charge in [0.2, 0.25) is 11.8 Å². The van der Waals surface area contributed by atoms with Crippen molar-refractivity contribution < 1.29 is 27.2 Å². The summed E-state index contributed by atoms with van der Waals surface area (Å²) in [6.45, 7) is -2.15. The number of benzene rings is 1. The summed E-state index contributed by atoms with van der Waals surface area (Å²) < 4.78 is 50.6. The normalized spacial score (nSPS) is 19.9. The molecule has 1 aromatic rings. The molecule has 1 unspecified atom stereocenters. The Morgan fingerprint density at radius 1 is 1.24 bits per heavy atom. The Bertz CT molecular complexity index is 536. The molecule has 1 aliphatic heterocycles. The highest BCUT2D eigenvalue weighted by atomic mass is 19.3. The average Bonchev–Trinajstić information content (AvgIpc) is 2.43. The maximum absolute atomic E-state index is 13.1. The summed E-state index contributed by atoms with van der Waals surface area (Å²) in [6.07, 6.45) is -3.90. The molecule has 0 aromatic heterocycles. The van der Waals surface area contributed by atoms with Crippen molar-refractivity contribution in [1.29, 1.82) is 0 Å². The van der Waals surface area contributed by atoms with Crippen LogP contribution in [0.1, 0.15) is 11.6 Å². The smallest absolute Gasteiger partial charge is 0.324 e. The fourth-order valence-corrected chi connectivity index (χ4v) is 2.03. The first-order chi connectivity index (χ1) is 9.81. The number of halogens is 4. The van der Waals surface area contributed by atoms with Crippen molar-refractivity contribution in [3.05, 3.63) is 35.9 Å². The van der Waals surface area contributed by atoms with E-state index in [9.17, 15) is 27.2 Å². The van der Waals surface area contributed by atoms with Gasteiger partial charge in [0.15, 0.2) is 0 Å². The van der Waals surface area contributed by atoms with E-state index in [0.29, 0.717) is 10.5 Å². The molecule has 2 amide bonds. The number of rotatable bonds is 4. The summed E-state index contributed by atoms with van der Waals surface area (Å²) in [6, 6.07) is 6.85. The third-order valence-corrected chi connectivity index (χ3v) is 3.05. The van der Waals surface area contributed by atoms with E-state index in [1.54, 1.807) is 18.2 Å². The molecule has 21 heavy (non-hydrogen) atoms. The van der Waals surface area contributed by atoms with Gasteiger partial charge < -0.3 is 10.2 Å². The van der Waals surface area contributed by atoms with Crippen LogP contribution < -0.4 is 5.32 Å². The minimum Gasteiger partial charge on any atom is -0.339 e. The van der Waals surface area contributed by atoms with Crippen LogP contribution in [0.15, 0.2) is 30.3 Å². The Morgan fingerprint density at radius 3 is 2.43 bits per heavy atom. The summed E-state index contributed by atoms with van der Waals surface area (Å²) >= 11 is 0. The van der Waals surface area contributed by atoms with Crippen LogP contribution in [-0.4, -0.2) is 42.2 Å². The van der Waals surface area contributed by atoms with Gasteiger partial charge in [-0.25, -0.2) is 8.78 Å². The third-order valence-electron chi connectivity index (χ3n) is 3.05. The number of carbonyl (C=O) groups is 2. The SMILES string of the molecule is O=C1CN(CC(F)(F)C(F)F)C(=O)C(c2ccccc2)N1. The summed E-state index contributed by atoms with van der Waals surface area (Å²) in [5, 5.41) is 2.36. The Hall–Kier alpha value is -2.12. The first kappa shape index (κ1) is 15.3. The van der Waals surface area contributed by atoms with E-state index in [0.717, 1.165) is 0 Å². The highest BCUT2D eigenvalue weighted by molar-refractivity contribution is 5.95. The topological polar surface area (TPSA) is 49.4 Å². The third kappa shape index (κ3) is 3.32. The minimum absolute atomic E-state index is 0.404. The van der Waals surface area contributed by atoms with Gasteiger partial charge in [-0.15, -0.1) is 0 Å². The van der Waals surface area contributed by atoms with Crippen LogP contribution in [0.5, 0.6) is 0 Å². The van der Waals surface area contributed by atoms with Crippen LogP contribution in [-0.2, 0) is 9.59 Å². The van der Waals surface area contributed by atoms with E-state index in [1.165, 1.54) is 12.1 Å². The molecule has 1 fully saturated rings. The van der Waals surface area contributed by atoms with Crippen LogP contribution in [0.2, 0.25) is 0 Å². The molecule has 4 nitrogen and oxygen atoms in total. The standard InChI is InChI=1S/C13H12F4N2O2/c14-12(15)13(16,17)7-19-6-9(20)18-10(11(19)21)8-4-2-1-3-5-8/h1-5,10,12H,6-7H2,(H,18,20). The summed E-state index contributed by atoms with van der Waals surface area (Å²) in [7, 11) is 0. The first-order valence-corrected chi connectivity index (χ1v) is 6.10. The van der Waals surface area contributed by atoms with Crippen molar-refractivity contribution >= 4 is 11.8 Å². The molecule has 0 spiro atoms. The monoisotopic (exact) mass is 304 g/mol. The van der Waals surface area contributed by atoms with Gasteiger partial charge in [0, 0.05) is 0 Å². The number of carbonyl (C=O) groups excluding carboxylic acids is 2. The zero-order chi connectivity index (χ0) is 15.6. The van der Waals surface area contributed by atoms with Gasteiger partial charge in [-0.1, -0.05) is 30.3 Å². The molecule has 1 saturated heterocycles. The number of nitrogens with zero attached hydrogens (tertiary/aromatic N) is 1. The Morgan fingerprint density at radius 2 is 1.86 bits per heavy atom. The van der Waals surface area contributed by atoms with Crippen LogP contribution in [0, 0.1) is 0 Å². The molecule has 1 N–H and O–H groups in total. The molecule has 1 heterocycles. The second-order valence-electron chi connectivity index (χ2n) is 4.67. The maximum atomic E-state index is 13.1. The quantitative estimate of drug-likeness (QED) is 0.859. The van der Waals surface area contributed by atoms with E-state index in [1.807, 2.05) is 0 Å². The van der Waals surface area contributed by atoms with Gasteiger partial charge >= 0.3 is 12.3 Å². The van der Waals surface area contributed by atoms with Gasteiger partial charge in [-0.3, -0.25) is 9.59 Å². The lowest BCUT2D eigenvalue weighted by molar-refractivity contribution is -0.164. The highest BCUT2D eigenvalue weighted by Gasteiger charge is 2.46. The van der Waals surface area contributed by atoms with Gasteiger partial charge in [0.1, 0.15) is 6.04 Å². The zero-order valence-electron chi connectivity index (χ0n) is 10.7. The summed E-state index contributed by atoms with van der Waals surface area (Å²) in [5.41, 5.74) is 0.404. The molecule has 8 heteroatoms. The van der Waals surface area contributed by atoms with Crippen LogP contribution in [0.4, 0.5) is 17.6 Å². The van der Waals surface area contributed by atoms with E-state index in [4.69, 9.17) is 0 Å². The average molecular weight is 304 g/mol. The number of hydrogen-bond donors (Lipinski definition) is 1. The lowest BCUT2D eigenvalue weighted by Gasteiger charge is -2.34. The van der Waals surface area contributed by atoms with E-state index < -0.39 is 43.3 Å². The Labute approximate surface area is 117 Å². The lowest BCUT2D eigenvalue weighted by atomic mass is 10.0. The van der Waals surface area contributed by atoms with Gasteiger partial charge in [0.25, 0.3) is 0 Å².